The van der Waals surface area contributed by atoms with Crippen molar-refractivity contribution in [3.05, 3.63) is 167 Å². The Morgan fingerprint density at radius 2 is 1.20 bits per heavy atom. The number of aliphatic hydroxyl groups is 1. The predicted octanol–water partition coefficient (Wildman–Crippen LogP) is 5.02. The molecule has 6 heteroatoms. The Morgan fingerprint density at radius 1 is 0.634 bits per heavy atom. The van der Waals surface area contributed by atoms with Gasteiger partial charge < -0.3 is 22.1 Å². The van der Waals surface area contributed by atoms with E-state index < -0.39 is 5.60 Å². The third kappa shape index (κ3) is 6.63. The summed E-state index contributed by atoms with van der Waals surface area (Å²) >= 11 is 3.35. The fourth-order valence-electron chi connectivity index (χ4n) is 4.83. The molecule has 0 radical (unpaired) electrons. The molecule has 7 aromatic rings. The number of para-hydroxylation sites is 2. The van der Waals surface area contributed by atoms with E-state index in [1.807, 2.05) is 84.9 Å². The zero-order valence-corrected chi connectivity index (χ0v) is 25.5. The molecule has 0 spiro atoms. The molecule has 5 aromatic carbocycles. The van der Waals surface area contributed by atoms with Gasteiger partial charge in [0.15, 0.2) is 6.54 Å². The van der Waals surface area contributed by atoms with E-state index in [1.165, 1.54) is 15.8 Å². The second-order valence-corrected chi connectivity index (χ2v) is 11.6. The standard InChI is InChI=1S/C21H17NOS.C14H12NS.BrH/c23-21(17-11-5-2-6-12-17,15-16-9-3-1-4-10-16)20-22-18-13-7-8-14-19(18)24-20;1-2-6-12(7-3-1)10-15-11-16-14-9-5-4-8-13(14)15;/h1-14,23H,15H2;1-9,11H,10H2;1H/q;+1;/p-1. The lowest BCUT2D eigenvalue weighted by Gasteiger charge is -2.26. The molecule has 1 atom stereocenters. The third-order valence-corrected chi connectivity index (χ3v) is 9.03. The van der Waals surface area contributed by atoms with E-state index in [2.05, 4.69) is 64.7 Å². The van der Waals surface area contributed by atoms with Gasteiger partial charge in [0, 0.05) is 18.1 Å². The summed E-state index contributed by atoms with van der Waals surface area (Å²) in [5.41, 5.74) is 6.60. The summed E-state index contributed by atoms with van der Waals surface area (Å²) in [6.07, 6.45) is 0.498. The molecule has 0 fully saturated rings. The molecule has 0 amide bonds. The third-order valence-electron chi connectivity index (χ3n) is 6.88. The molecule has 1 N–H and O–H groups in total. The molecule has 2 heterocycles. The van der Waals surface area contributed by atoms with Crippen LogP contribution in [0.4, 0.5) is 0 Å². The molecule has 0 bridgehead atoms. The molecule has 204 valence electrons. The van der Waals surface area contributed by atoms with E-state index in [9.17, 15) is 5.11 Å². The van der Waals surface area contributed by atoms with Gasteiger partial charge in [-0.2, -0.15) is 4.57 Å². The number of hydrogen-bond acceptors (Lipinski definition) is 4. The van der Waals surface area contributed by atoms with Crippen molar-refractivity contribution >= 4 is 43.1 Å². The number of benzene rings is 5. The van der Waals surface area contributed by atoms with Crippen LogP contribution in [-0.4, -0.2) is 10.1 Å². The highest BCUT2D eigenvalue weighted by Crippen LogP contribution is 2.37. The van der Waals surface area contributed by atoms with Crippen molar-refractivity contribution in [2.75, 3.05) is 0 Å². The number of hydrogen-bond donors (Lipinski definition) is 1. The second-order valence-electron chi connectivity index (χ2n) is 9.68. The summed E-state index contributed by atoms with van der Waals surface area (Å²) in [5.74, 6) is 0. The number of aromatic nitrogens is 2. The monoisotopic (exact) mass is 636 g/mol. The molecule has 0 aliphatic heterocycles. The van der Waals surface area contributed by atoms with Crippen LogP contribution in [0, 0.1) is 0 Å². The summed E-state index contributed by atoms with van der Waals surface area (Å²) in [5, 5.41) is 12.4. The van der Waals surface area contributed by atoms with Crippen LogP contribution < -0.4 is 21.5 Å². The molecule has 7 rings (SSSR count). The number of halogens is 1. The number of nitrogens with zero attached hydrogens (tertiary/aromatic N) is 2. The fraction of sp³-hybridized carbons (Fsp3) is 0.0857. The van der Waals surface area contributed by atoms with Gasteiger partial charge in [-0.25, -0.2) is 4.98 Å². The average Bonchev–Trinajstić information content (AvgIpc) is 3.64. The van der Waals surface area contributed by atoms with Gasteiger partial charge in [-0.3, -0.25) is 0 Å². The summed E-state index contributed by atoms with van der Waals surface area (Å²) in [4.78, 5) is 4.73. The molecule has 0 saturated heterocycles. The Kier molecular flexibility index (Phi) is 9.37. The van der Waals surface area contributed by atoms with Gasteiger partial charge in [-0.1, -0.05) is 127 Å². The largest absolute Gasteiger partial charge is 1.00 e. The van der Waals surface area contributed by atoms with Crippen LogP contribution >= 0.6 is 22.7 Å². The van der Waals surface area contributed by atoms with Gasteiger partial charge >= 0.3 is 0 Å². The highest BCUT2D eigenvalue weighted by atomic mass is 79.9. The Bertz CT molecular complexity index is 1790. The van der Waals surface area contributed by atoms with E-state index in [0.717, 1.165) is 32.9 Å². The molecule has 0 saturated carbocycles. The molecule has 3 nitrogen and oxygen atoms in total. The minimum absolute atomic E-state index is 0. The minimum atomic E-state index is -1.13. The number of fused-ring (bicyclic) bond motifs is 2. The summed E-state index contributed by atoms with van der Waals surface area (Å²) in [7, 11) is 0. The smallest absolute Gasteiger partial charge is 0.226 e. The van der Waals surface area contributed by atoms with E-state index >= 15 is 0 Å². The first-order chi connectivity index (χ1) is 19.7. The molecule has 41 heavy (non-hydrogen) atoms. The average molecular weight is 638 g/mol. The van der Waals surface area contributed by atoms with Gasteiger partial charge in [-0.15, -0.1) is 11.3 Å². The molecule has 1 unspecified atom stereocenters. The van der Waals surface area contributed by atoms with Crippen molar-refractivity contribution < 1.29 is 26.7 Å². The van der Waals surface area contributed by atoms with E-state index in [1.54, 1.807) is 22.7 Å². The molecule has 0 aliphatic carbocycles. The quantitative estimate of drug-likeness (QED) is 0.261. The summed E-state index contributed by atoms with van der Waals surface area (Å²) in [6.45, 7) is 0.949. The first-order valence-corrected chi connectivity index (χ1v) is 15.0. The number of thiazole rings is 2. The SMILES string of the molecule is OC(Cc1ccccc1)(c1ccccc1)c1nc2ccccc2s1.[Br-].c1ccc(C[n+]2csc3ccccc32)cc1. The van der Waals surface area contributed by atoms with Crippen LogP contribution in [-0.2, 0) is 18.6 Å². The Hall–Kier alpha value is -3.68. The lowest BCUT2D eigenvalue weighted by molar-refractivity contribution is -0.658. The molecular formula is C35H29BrN2OS2. The zero-order valence-electron chi connectivity index (χ0n) is 22.3. The maximum absolute atomic E-state index is 11.7. The maximum atomic E-state index is 11.7. The van der Waals surface area contributed by atoms with E-state index in [4.69, 9.17) is 4.98 Å². The van der Waals surface area contributed by atoms with Crippen molar-refractivity contribution in [3.63, 3.8) is 0 Å². The van der Waals surface area contributed by atoms with Crippen molar-refractivity contribution in [1.82, 2.24) is 4.98 Å². The first-order valence-electron chi connectivity index (χ1n) is 13.3. The lowest BCUT2D eigenvalue weighted by atomic mass is 9.87. The van der Waals surface area contributed by atoms with Gasteiger partial charge in [-0.05, 0) is 29.3 Å². The van der Waals surface area contributed by atoms with Crippen LogP contribution in [0.1, 0.15) is 21.7 Å². The summed E-state index contributed by atoms with van der Waals surface area (Å²) in [6, 6.07) is 47.0. The van der Waals surface area contributed by atoms with Crippen molar-refractivity contribution in [3.8, 4) is 0 Å². The van der Waals surface area contributed by atoms with E-state index in [0.29, 0.717) is 6.42 Å². The first kappa shape index (κ1) is 28.8. The van der Waals surface area contributed by atoms with Gasteiger partial charge in [0.05, 0.1) is 10.2 Å². The number of rotatable bonds is 6. The maximum Gasteiger partial charge on any atom is 0.226 e. The van der Waals surface area contributed by atoms with Crippen LogP contribution in [0.3, 0.4) is 0 Å². The Morgan fingerprint density at radius 3 is 1.88 bits per heavy atom. The lowest BCUT2D eigenvalue weighted by Crippen LogP contribution is -3.00. The fourth-order valence-corrected chi connectivity index (χ4v) is 6.80. The molecule has 2 aromatic heterocycles. The highest BCUT2D eigenvalue weighted by Gasteiger charge is 2.35. The van der Waals surface area contributed by atoms with Crippen LogP contribution in [0.5, 0.6) is 0 Å². The summed E-state index contributed by atoms with van der Waals surface area (Å²) < 4.78 is 4.74. The highest BCUT2D eigenvalue weighted by molar-refractivity contribution is 7.18. The van der Waals surface area contributed by atoms with Crippen molar-refractivity contribution in [2.45, 2.75) is 18.6 Å². The van der Waals surface area contributed by atoms with E-state index in [-0.39, 0.29) is 17.0 Å². The van der Waals surface area contributed by atoms with Crippen molar-refractivity contribution in [2.24, 2.45) is 0 Å². The van der Waals surface area contributed by atoms with Crippen LogP contribution in [0.15, 0.2) is 145 Å². The minimum Gasteiger partial charge on any atom is -1.00 e. The van der Waals surface area contributed by atoms with Crippen LogP contribution in [0.25, 0.3) is 20.4 Å². The molecule has 0 aliphatic rings. The Labute approximate surface area is 258 Å². The molecular weight excluding hydrogens is 608 g/mol. The topological polar surface area (TPSA) is 37.0 Å². The van der Waals surface area contributed by atoms with Gasteiger partial charge in [0.25, 0.3) is 0 Å². The normalized spacial score (nSPS) is 12.2. The van der Waals surface area contributed by atoms with Crippen molar-refractivity contribution in [1.29, 1.82) is 0 Å². The van der Waals surface area contributed by atoms with Gasteiger partial charge in [0.2, 0.25) is 11.0 Å². The van der Waals surface area contributed by atoms with Crippen LogP contribution in [0.2, 0.25) is 0 Å². The Balaban J connectivity index is 0.000000173. The zero-order chi connectivity index (χ0) is 27.2. The predicted molar refractivity (Wildman–Crippen MR) is 167 cm³/mol. The van der Waals surface area contributed by atoms with Gasteiger partial charge in [0.1, 0.15) is 15.3 Å². The second kappa shape index (κ2) is 13.3.